The fourth-order valence-corrected chi connectivity index (χ4v) is 10.8. The van der Waals surface area contributed by atoms with Gasteiger partial charge in [-0.2, -0.15) is 0 Å². The second-order valence-corrected chi connectivity index (χ2v) is 24.8. The molecular weight excluding hydrogens is 1220 g/mol. The second-order valence-electron chi connectivity index (χ2n) is 24.8. The number of nitrogens with one attached hydrogen (secondary N) is 11. The third-order valence-electron chi connectivity index (χ3n) is 16.0. The quantitative estimate of drug-likeness (QED) is 0.0258. The van der Waals surface area contributed by atoms with Crippen molar-refractivity contribution in [3.8, 4) is 0 Å². The highest BCUT2D eigenvalue weighted by Crippen LogP contribution is 2.24. The van der Waals surface area contributed by atoms with Gasteiger partial charge in [0.2, 0.25) is 76.8 Å². The lowest BCUT2D eigenvalue weighted by molar-refractivity contribution is -0.145. The third kappa shape index (κ3) is 25.8. The first-order valence-corrected chi connectivity index (χ1v) is 31.7. The summed E-state index contributed by atoms with van der Waals surface area (Å²) in [6.07, 6.45) is -0.00959. The predicted octanol–water partition coefficient (Wildman–Crippen LogP) is -4.58. The number of carbonyl (C=O) groups is 16. The molecule has 0 aromatic rings. The molecule has 12 atom stereocenters. The number of unbranched alkanes of at least 4 members (excludes halogenated alkanes) is 1. The smallest absolute Gasteiger partial charge is 0.322 e. The number of hydrogen-bond acceptors (Lipinski definition) is 18. The summed E-state index contributed by atoms with van der Waals surface area (Å²) in [5, 5.41) is 56.0. The van der Waals surface area contributed by atoms with Gasteiger partial charge in [0.15, 0.2) is 0 Å². The van der Waals surface area contributed by atoms with Crippen molar-refractivity contribution in [1.29, 1.82) is 0 Å². The molecule has 0 aromatic carbocycles. The van der Waals surface area contributed by atoms with Crippen LogP contribution in [0.15, 0.2) is 0 Å². The van der Waals surface area contributed by atoms with Crippen molar-refractivity contribution >= 4 is 94.7 Å². The number of rotatable bonds is 39. The second kappa shape index (κ2) is 38.5. The van der Waals surface area contributed by atoms with Gasteiger partial charge in [0, 0.05) is 25.9 Å². The van der Waals surface area contributed by atoms with Crippen LogP contribution in [-0.2, 0) is 76.7 Å². The van der Waals surface area contributed by atoms with Crippen molar-refractivity contribution in [3.63, 3.8) is 0 Å². The van der Waals surface area contributed by atoms with E-state index in [0.717, 1.165) is 6.42 Å². The van der Waals surface area contributed by atoms with Crippen molar-refractivity contribution in [1.82, 2.24) is 68.3 Å². The van der Waals surface area contributed by atoms with Gasteiger partial charge in [-0.05, 0) is 122 Å². The molecule has 3 heterocycles. The molecule has 0 spiro atoms. The van der Waals surface area contributed by atoms with E-state index in [1.54, 1.807) is 41.5 Å². The molecule has 3 rings (SSSR count). The molecule has 0 radical (unpaired) electrons. The van der Waals surface area contributed by atoms with Crippen LogP contribution in [0.1, 0.15) is 152 Å². The maximum absolute atomic E-state index is 14.6. The molecule has 0 bridgehead atoms. The molecular formula is C59H97N15O19. The first-order chi connectivity index (χ1) is 43.7. The van der Waals surface area contributed by atoms with E-state index in [0.29, 0.717) is 32.2 Å². The largest absolute Gasteiger partial charge is 0.481 e. The fraction of sp³-hybridized carbons (Fsp3) is 0.729. The predicted molar refractivity (Wildman–Crippen MR) is 329 cm³/mol. The van der Waals surface area contributed by atoms with Gasteiger partial charge < -0.3 is 95.1 Å². The monoisotopic (exact) mass is 1320 g/mol. The van der Waals surface area contributed by atoms with E-state index in [4.69, 9.17) is 16.6 Å². The zero-order chi connectivity index (χ0) is 70.0. The van der Waals surface area contributed by atoms with Crippen molar-refractivity contribution in [2.75, 3.05) is 32.7 Å². The number of carbonyl (C=O) groups excluding carboxylic acids is 13. The average molecular weight is 1320 g/mol. The van der Waals surface area contributed by atoms with Crippen LogP contribution in [0.2, 0.25) is 0 Å². The number of hydrogen-bond donors (Lipinski definition) is 16. The van der Waals surface area contributed by atoms with Crippen molar-refractivity contribution < 1.29 is 92.0 Å². The number of primary amides is 1. The highest BCUT2D eigenvalue weighted by atomic mass is 16.4. The summed E-state index contributed by atoms with van der Waals surface area (Å²) in [6, 6.07) is -15.4. The lowest BCUT2D eigenvalue weighted by Crippen LogP contribution is -2.61. The van der Waals surface area contributed by atoms with Crippen molar-refractivity contribution in [2.24, 2.45) is 29.2 Å². The van der Waals surface area contributed by atoms with Crippen LogP contribution in [0.4, 0.5) is 0 Å². The molecule has 3 fully saturated rings. The number of carboxylic acid groups (broad SMARTS) is 3. The Labute approximate surface area is 539 Å². The minimum absolute atomic E-state index is 0.0273. The number of aliphatic carboxylic acids is 3. The Kier molecular flexibility index (Phi) is 32.5. The Balaban J connectivity index is 1.79. The number of nitrogens with zero attached hydrogens (tertiary/aromatic N) is 2. The third-order valence-corrected chi connectivity index (χ3v) is 16.0. The molecule has 93 heavy (non-hydrogen) atoms. The van der Waals surface area contributed by atoms with E-state index in [1.165, 1.54) is 23.6 Å². The summed E-state index contributed by atoms with van der Waals surface area (Å²) in [6.45, 7) is 12.8. The van der Waals surface area contributed by atoms with Crippen LogP contribution in [0.25, 0.3) is 0 Å². The topological polar surface area (TPSA) is 525 Å². The van der Waals surface area contributed by atoms with Crippen molar-refractivity contribution in [2.45, 2.75) is 224 Å². The van der Waals surface area contributed by atoms with Gasteiger partial charge >= 0.3 is 17.9 Å². The molecule has 18 N–H and O–H groups in total. The maximum atomic E-state index is 14.6. The van der Waals surface area contributed by atoms with Gasteiger partial charge in [0.05, 0.1) is 12.5 Å². The van der Waals surface area contributed by atoms with E-state index in [1.807, 2.05) is 5.32 Å². The molecule has 3 saturated heterocycles. The number of carboxylic acids is 3. The fourth-order valence-electron chi connectivity index (χ4n) is 10.8. The highest BCUT2D eigenvalue weighted by Gasteiger charge is 2.44. The molecule has 34 nitrogen and oxygen atoms in total. The SMILES string of the molecule is CC(C)C[C@H](NC(=O)[C@@H]1CCCN1C(=O)[C@@H](NC(=O)[C@@H]1CCCN1C(=O)[C@H](CCC(=O)O)NC(=O)[C@H](C)NC(=O)[C@H](C)NC(=O)[C@@H]1CCCN1)C(C)C)C(=O)N[C@H](C(=O)N[C@@H](CCCCN)C(=O)N[C@@H](CCC(N)=O)C(=O)N[C@@H](CC(=O)O)C(=O)NCC(=O)O)C(C)C. The summed E-state index contributed by atoms with van der Waals surface area (Å²) in [5.74, 6) is -16.5. The standard InChI is InChI=1S/C59H97N15O19/c1-29(2)26-38(54(88)71-46(30(3)4)57(91)67-35(14-9-10-22-60)52(86)66-36(18-20-42(61)75)53(87)69-39(27-44(78)79)50(84)63-28-45(80)81)70-55(89)40-16-13-25-74(40)59(93)47(31(5)6)72-56(90)41-17-12-24-73(41)58(92)37(19-21-43(76)77)68-49(83)33(8)64-48(82)32(7)65-51(85)34-15-11-23-62-34/h29-41,46-47,62H,9-28,60H2,1-8H3,(H2,61,75)(H,63,84)(H,64,82)(H,65,85)(H,66,86)(H,67,91)(H,68,83)(H,69,87)(H,70,89)(H,71,88)(H,72,90)(H,76,77)(H,78,79)(H,80,81)/t32-,33-,34-,35-,36-,37-,38-,39-,40-,41-,46-,47-/m0/s1. The van der Waals surface area contributed by atoms with Gasteiger partial charge in [0.1, 0.15) is 73.0 Å². The number of nitrogens with two attached hydrogens (primary N) is 2. The van der Waals surface area contributed by atoms with E-state index >= 15 is 0 Å². The minimum Gasteiger partial charge on any atom is -0.481 e. The normalized spacial score (nSPS) is 19.0. The van der Waals surface area contributed by atoms with Gasteiger partial charge in [-0.15, -0.1) is 0 Å². The Hall–Kier alpha value is -8.56. The van der Waals surface area contributed by atoms with Gasteiger partial charge in [-0.3, -0.25) is 76.7 Å². The molecule has 0 aliphatic carbocycles. The first-order valence-electron chi connectivity index (χ1n) is 31.7. The van der Waals surface area contributed by atoms with Gasteiger partial charge in [-0.1, -0.05) is 41.5 Å². The van der Waals surface area contributed by atoms with Crippen LogP contribution >= 0.6 is 0 Å². The summed E-state index contributed by atoms with van der Waals surface area (Å²) in [5.41, 5.74) is 11.1. The lowest BCUT2D eigenvalue weighted by atomic mass is 9.98. The lowest BCUT2D eigenvalue weighted by Gasteiger charge is -2.33. The van der Waals surface area contributed by atoms with E-state index in [-0.39, 0.29) is 70.0 Å². The molecule has 522 valence electrons. The molecule has 34 heteroatoms. The Bertz CT molecular complexity index is 2710. The zero-order valence-electron chi connectivity index (χ0n) is 54.2. The molecule has 3 aliphatic rings. The summed E-state index contributed by atoms with van der Waals surface area (Å²) in [7, 11) is 0. The summed E-state index contributed by atoms with van der Waals surface area (Å²) >= 11 is 0. The summed E-state index contributed by atoms with van der Waals surface area (Å²) in [4.78, 5) is 214. The van der Waals surface area contributed by atoms with Gasteiger partial charge in [0.25, 0.3) is 0 Å². The maximum Gasteiger partial charge on any atom is 0.322 e. The van der Waals surface area contributed by atoms with Gasteiger partial charge in [-0.25, -0.2) is 0 Å². The van der Waals surface area contributed by atoms with Crippen LogP contribution in [0, 0.1) is 17.8 Å². The molecule has 0 unspecified atom stereocenters. The Morgan fingerprint density at radius 3 is 1.52 bits per heavy atom. The van der Waals surface area contributed by atoms with E-state index in [2.05, 4.69) is 53.2 Å². The van der Waals surface area contributed by atoms with E-state index < -0.39 is 205 Å². The summed E-state index contributed by atoms with van der Waals surface area (Å²) < 4.78 is 0. The Morgan fingerprint density at radius 2 is 0.989 bits per heavy atom. The molecule has 0 aromatic heterocycles. The van der Waals surface area contributed by atoms with Crippen LogP contribution in [-0.4, -0.2) is 225 Å². The molecule has 3 aliphatic heterocycles. The van der Waals surface area contributed by atoms with Crippen molar-refractivity contribution in [3.05, 3.63) is 0 Å². The number of likely N-dealkylation sites (tertiary alicyclic amines) is 2. The highest BCUT2D eigenvalue weighted by molar-refractivity contribution is 6.00. The van der Waals surface area contributed by atoms with Crippen LogP contribution in [0.3, 0.4) is 0 Å². The van der Waals surface area contributed by atoms with E-state index in [9.17, 15) is 86.9 Å². The minimum atomic E-state index is -1.83. The van der Waals surface area contributed by atoms with Crippen LogP contribution in [0.5, 0.6) is 0 Å². The first kappa shape index (κ1) is 78.7. The van der Waals surface area contributed by atoms with Crippen LogP contribution < -0.4 is 70.0 Å². The molecule has 13 amide bonds. The molecule has 0 saturated carbocycles. The Morgan fingerprint density at radius 1 is 0.473 bits per heavy atom. The zero-order valence-corrected chi connectivity index (χ0v) is 54.2. The average Bonchev–Trinajstić information content (AvgIpc) is 1.77. The number of amides is 13.